The van der Waals surface area contributed by atoms with Gasteiger partial charge in [-0.1, -0.05) is 38.1 Å². The Bertz CT molecular complexity index is 390. The third kappa shape index (κ3) is 3.33. The summed E-state index contributed by atoms with van der Waals surface area (Å²) >= 11 is 0. The lowest BCUT2D eigenvalue weighted by Gasteiger charge is -2.13. The number of fused-ring (bicyclic) bond motifs is 1. The number of nitrogens with one attached hydrogen (secondary N) is 2. The van der Waals surface area contributed by atoms with Crippen molar-refractivity contribution in [1.29, 1.82) is 0 Å². The summed E-state index contributed by atoms with van der Waals surface area (Å²) in [6.07, 6.45) is 2.21. The molecule has 1 aliphatic carbocycles. The SMILES string of the molecule is CC(C)C(=O)NCCNC1Cc2ccccc2C1. The summed E-state index contributed by atoms with van der Waals surface area (Å²) in [5.74, 6) is 0.201. The first-order chi connectivity index (χ1) is 8.66. The molecule has 3 heteroatoms. The molecule has 0 heterocycles. The molecule has 2 N–H and O–H groups in total. The summed E-state index contributed by atoms with van der Waals surface area (Å²) in [5.41, 5.74) is 2.92. The lowest BCUT2D eigenvalue weighted by molar-refractivity contribution is -0.123. The molecule has 3 nitrogen and oxygen atoms in total. The summed E-state index contributed by atoms with van der Waals surface area (Å²) in [7, 11) is 0. The van der Waals surface area contributed by atoms with Crippen molar-refractivity contribution in [3.05, 3.63) is 35.4 Å². The summed E-state index contributed by atoms with van der Waals surface area (Å²) < 4.78 is 0. The zero-order chi connectivity index (χ0) is 13.0. The van der Waals surface area contributed by atoms with E-state index in [1.54, 1.807) is 0 Å². The molecule has 0 aliphatic heterocycles. The smallest absolute Gasteiger partial charge is 0.222 e. The van der Waals surface area contributed by atoms with E-state index in [1.165, 1.54) is 11.1 Å². The van der Waals surface area contributed by atoms with Crippen molar-refractivity contribution in [2.75, 3.05) is 13.1 Å². The molecular formula is C15H22N2O. The number of carbonyl (C=O) groups excluding carboxylic acids is 1. The first kappa shape index (κ1) is 13.1. The van der Waals surface area contributed by atoms with E-state index in [9.17, 15) is 4.79 Å². The van der Waals surface area contributed by atoms with Crippen LogP contribution in [0.15, 0.2) is 24.3 Å². The van der Waals surface area contributed by atoms with E-state index in [2.05, 4.69) is 34.9 Å². The predicted molar refractivity (Wildman–Crippen MR) is 73.5 cm³/mol. The molecular weight excluding hydrogens is 224 g/mol. The third-order valence-corrected chi connectivity index (χ3v) is 3.43. The lowest BCUT2D eigenvalue weighted by Crippen LogP contribution is -2.38. The highest BCUT2D eigenvalue weighted by Gasteiger charge is 2.19. The van der Waals surface area contributed by atoms with Gasteiger partial charge in [-0.3, -0.25) is 4.79 Å². The van der Waals surface area contributed by atoms with Gasteiger partial charge in [-0.05, 0) is 24.0 Å². The van der Waals surface area contributed by atoms with Crippen LogP contribution in [-0.4, -0.2) is 25.0 Å². The zero-order valence-corrected chi connectivity index (χ0v) is 11.2. The van der Waals surface area contributed by atoms with Crippen LogP contribution in [0.5, 0.6) is 0 Å². The minimum atomic E-state index is 0.0701. The van der Waals surface area contributed by atoms with Crippen molar-refractivity contribution in [3.63, 3.8) is 0 Å². The lowest BCUT2D eigenvalue weighted by atomic mass is 10.1. The number of carbonyl (C=O) groups is 1. The minimum Gasteiger partial charge on any atom is -0.355 e. The normalized spacial score (nSPS) is 14.8. The molecule has 0 radical (unpaired) electrons. The Morgan fingerprint density at radius 1 is 1.22 bits per heavy atom. The molecule has 1 aliphatic rings. The number of hydrogen-bond acceptors (Lipinski definition) is 2. The van der Waals surface area contributed by atoms with E-state index >= 15 is 0 Å². The largest absolute Gasteiger partial charge is 0.355 e. The second-order valence-corrected chi connectivity index (χ2v) is 5.27. The van der Waals surface area contributed by atoms with Crippen molar-refractivity contribution < 1.29 is 4.79 Å². The van der Waals surface area contributed by atoms with Crippen molar-refractivity contribution >= 4 is 5.91 Å². The van der Waals surface area contributed by atoms with Crippen molar-refractivity contribution in [3.8, 4) is 0 Å². The molecule has 0 spiro atoms. The second-order valence-electron chi connectivity index (χ2n) is 5.27. The molecule has 0 saturated carbocycles. The van der Waals surface area contributed by atoms with Gasteiger partial charge >= 0.3 is 0 Å². The van der Waals surface area contributed by atoms with E-state index in [-0.39, 0.29) is 11.8 Å². The van der Waals surface area contributed by atoms with Gasteiger partial charge in [-0.15, -0.1) is 0 Å². The highest BCUT2D eigenvalue weighted by molar-refractivity contribution is 5.77. The van der Waals surface area contributed by atoms with Gasteiger partial charge in [0, 0.05) is 25.0 Å². The van der Waals surface area contributed by atoms with Crippen LogP contribution in [0.4, 0.5) is 0 Å². The van der Waals surface area contributed by atoms with Crippen LogP contribution >= 0.6 is 0 Å². The Morgan fingerprint density at radius 3 is 2.39 bits per heavy atom. The Morgan fingerprint density at radius 2 is 1.83 bits per heavy atom. The quantitative estimate of drug-likeness (QED) is 0.773. The fourth-order valence-electron chi connectivity index (χ4n) is 2.37. The minimum absolute atomic E-state index is 0.0701. The fourth-order valence-corrected chi connectivity index (χ4v) is 2.37. The molecule has 1 aromatic carbocycles. The first-order valence-corrected chi connectivity index (χ1v) is 6.74. The van der Waals surface area contributed by atoms with E-state index in [1.807, 2.05) is 13.8 Å². The molecule has 2 rings (SSSR count). The van der Waals surface area contributed by atoms with Crippen molar-refractivity contribution in [2.45, 2.75) is 32.7 Å². The van der Waals surface area contributed by atoms with Gasteiger partial charge < -0.3 is 10.6 Å². The van der Waals surface area contributed by atoms with Gasteiger partial charge in [0.25, 0.3) is 0 Å². The van der Waals surface area contributed by atoms with Crippen LogP contribution in [-0.2, 0) is 17.6 Å². The summed E-state index contributed by atoms with van der Waals surface area (Å²) in [6.45, 7) is 5.38. The maximum atomic E-state index is 11.4. The second kappa shape index (κ2) is 6.01. The third-order valence-electron chi connectivity index (χ3n) is 3.43. The molecule has 98 valence electrons. The van der Waals surface area contributed by atoms with Crippen LogP contribution < -0.4 is 10.6 Å². The molecule has 0 aromatic heterocycles. The molecule has 1 aromatic rings. The maximum absolute atomic E-state index is 11.4. The van der Waals surface area contributed by atoms with Gasteiger partial charge in [0.15, 0.2) is 0 Å². The average molecular weight is 246 g/mol. The summed E-state index contributed by atoms with van der Waals surface area (Å²) in [4.78, 5) is 11.4. The predicted octanol–water partition coefficient (Wildman–Crippen LogP) is 1.52. The number of rotatable bonds is 5. The fraction of sp³-hybridized carbons (Fsp3) is 0.533. The molecule has 1 amide bonds. The van der Waals surface area contributed by atoms with Crippen LogP contribution in [0.1, 0.15) is 25.0 Å². The summed E-state index contributed by atoms with van der Waals surface area (Å²) in [5, 5.41) is 6.43. The van der Waals surface area contributed by atoms with Crippen LogP contribution in [0.25, 0.3) is 0 Å². The number of hydrogen-bond donors (Lipinski definition) is 2. The van der Waals surface area contributed by atoms with E-state index in [0.29, 0.717) is 12.6 Å². The van der Waals surface area contributed by atoms with Gasteiger partial charge in [-0.2, -0.15) is 0 Å². The number of amides is 1. The Kier molecular flexibility index (Phi) is 4.37. The van der Waals surface area contributed by atoms with Gasteiger partial charge in [0.1, 0.15) is 0 Å². The Labute approximate surface area is 109 Å². The van der Waals surface area contributed by atoms with Crippen molar-refractivity contribution in [1.82, 2.24) is 10.6 Å². The Balaban J connectivity index is 1.67. The first-order valence-electron chi connectivity index (χ1n) is 6.74. The van der Waals surface area contributed by atoms with Gasteiger partial charge in [0.2, 0.25) is 5.91 Å². The van der Waals surface area contributed by atoms with Gasteiger partial charge in [-0.25, -0.2) is 0 Å². The highest BCUT2D eigenvalue weighted by Crippen LogP contribution is 2.21. The highest BCUT2D eigenvalue weighted by atomic mass is 16.1. The molecule has 0 bridgehead atoms. The molecule has 0 saturated heterocycles. The summed E-state index contributed by atoms with van der Waals surface area (Å²) in [6, 6.07) is 9.14. The van der Waals surface area contributed by atoms with E-state index < -0.39 is 0 Å². The van der Waals surface area contributed by atoms with Crippen LogP contribution in [0, 0.1) is 5.92 Å². The molecule has 0 unspecified atom stereocenters. The van der Waals surface area contributed by atoms with Crippen molar-refractivity contribution in [2.24, 2.45) is 5.92 Å². The van der Waals surface area contributed by atoms with E-state index in [0.717, 1.165) is 19.4 Å². The monoisotopic (exact) mass is 246 g/mol. The standard InChI is InChI=1S/C15H22N2O/c1-11(2)15(18)17-8-7-16-14-9-12-5-3-4-6-13(12)10-14/h3-6,11,14,16H,7-10H2,1-2H3,(H,17,18). The van der Waals surface area contributed by atoms with Crippen LogP contribution in [0.3, 0.4) is 0 Å². The average Bonchev–Trinajstić information content (AvgIpc) is 2.76. The van der Waals surface area contributed by atoms with Crippen LogP contribution in [0.2, 0.25) is 0 Å². The number of benzene rings is 1. The zero-order valence-electron chi connectivity index (χ0n) is 11.2. The molecule has 0 atom stereocenters. The topological polar surface area (TPSA) is 41.1 Å². The van der Waals surface area contributed by atoms with E-state index in [4.69, 9.17) is 0 Å². The Hall–Kier alpha value is -1.35. The van der Waals surface area contributed by atoms with Gasteiger partial charge in [0.05, 0.1) is 0 Å². The maximum Gasteiger partial charge on any atom is 0.222 e. The molecule has 0 fully saturated rings. The molecule has 18 heavy (non-hydrogen) atoms.